The Labute approximate surface area is 197 Å². The van der Waals surface area contributed by atoms with Gasteiger partial charge in [-0.25, -0.2) is 0 Å². The molecule has 4 rings (SSSR count). The van der Waals surface area contributed by atoms with E-state index in [9.17, 15) is 0 Å². The third-order valence-corrected chi connectivity index (χ3v) is 4.79. The third kappa shape index (κ3) is 5.88. The number of rotatable bonds is 1. The minimum Gasteiger partial charge on any atom is -0.147 e. The minimum absolute atomic E-state index is 0. The predicted molar refractivity (Wildman–Crippen MR) is 125 cm³/mol. The van der Waals surface area contributed by atoms with Crippen molar-refractivity contribution in [1.82, 2.24) is 0 Å². The molecule has 0 bridgehead atoms. The number of hydrogen-bond acceptors (Lipinski definition) is 0. The maximum atomic E-state index is 3.68. The van der Waals surface area contributed by atoms with Gasteiger partial charge in [0.1, 0.15) is 0 Å². The van der Waals surface area contributed by atoms with Crippen LogP contribution in [-0.2, 0) is 30.7 Å². The molecule has 0 saturated heterocycles. The Morgan fingerprint density at radius 2 is 1.61 bits per heavy atom. The summed E-state index contributed by atoms with van der Waals surface area (Å²) in [6, 6.07) is 16.9. The number of benzene rings is 2. The fourth-order valence-corrected chi connectivity index (χ4v) is 3.48. The molecule has 0 aliphatic heterocycles. The summed E-state index contributed by atoms with van der Waals surface area (Å²) < 4.78 is 1.51. The standard InChI is InChI=1S/C22H21.C3H6.2ClH.Zr/c1-22(2,3)19-10-8-16(14-19)15-9-11-21-18(12-15)13-17-6-4-5-7-20(17)21;1-3-2;;;/h4-7,9-11,14H,8,13H2,1-3H3;1-2H3;2*1H;/q-1;;;;. The summed E-state index contributed by atoms with van der Waals surface area (Å²) in [7, 11) is 0. The Kier molecular flexibility index (Phi) is 9.33. The Hall–Kier alpha value is -0.747. The van der Waals surface area contributed by atoms with Crippen molar-refractivity contribution in [3.63, 3.8) is 0 Å². The van der Waals surface area contributed by atoms with Crippen LogP contribution in [0, 0.1) is 11.5 Å². The average Bonchev–Trinajstić information content (AvgIpc) is 3.18. The normalized spacial score (nSPS) is 13.6. The Morgan fingerprint density at radius 3 is 2.21 bits per heavy atom. The number of fused-ring (bicyclic) bond motifs is 3. The van der Waals surface area contributed by atoms with E-state index in [1.165, 1.54) is 42.2 Å². The van der Waals surface area contributed by atoms with Gasteiger partial charge in [-0.05, 0) is 23.8 Å². The quantitative estimate of drug-likeness (QED) is 0.311. The molecule has 0 saturated carbocycles. The number of halogens is 2. The summed E-state index contributed by atoms with van der Waals surface area (Å²) in [5.41, 5.74) is 9.87. The summed E-state index contributed by atoms with van der Waals surface area (Å²) in [5.74, 6) is 0. The molecule has 148 valence electrons. The molecule has 2 aromatic rings. The van der Waals surface area contributed by atoms with Gasteiger partial charge >= 0.3 is 41.3 Å². The second-order valence-electron chi connectivity index (χ2n) is 8.38. The molecule has 0 unspecified atom stereocenters. The van der Waals surface area contributed by atoms with Crippen LogP contribution in [0.3, 0.4) is 0 Å². The summed E-state index contributed by atoms with van der Waals surface area (Å²) in [6.45, 7) is 11.1. The van der Waals surface area contributed by atoms with Crippen molar-refractivity contribution in [3.8, 4) is 11.1 Å². The predicted octanol–water partition coefficient (Wildman–Crippen LogP) is 7.41. The fourth-order valence-electron chi connectivity index (χ4n) is 3.48. The van der Waals surface area contributed by atoms with Gasteiger partial charge in [-0.2, -0.15) is 0 Å². The van der Waals surface area contributed by atoms with E-state index < -0.39 is 0 Å². The van der Waals surface area contributed by atoms with E-state index in [2.05, 4.69) is 89.2 Å². The van der Waals surface area contributed by atoms with Gasteiger partial charge in [0, 0.05) is 0 Å². The van der Waals surface area contributed by atoms with Crippen LogP contribution in [0.25, 0.3) is 16.7 Å². The average molecular weight is 492 g/mol. The first-order chi connectivity index (χ1) is 12.3. The van der Waals surface area contributed by atoms with E-state index in [-0.39, 0.29) is 30.2 Å². The van der Waals surface area contributed by atoms with Crippen molar-refractivity contribution >= 4 is 33.6 Å². The first kappa shape index (κ1) is 25.3. The summed E-state index contributed by atoms with van der Waals surface area (Å²) in [4.78, 5) is 0. The van der Waals surface area contributed by atoms with Gasteiger partial charge in [0.15, 0.2) is 0 Å². The van der Waals surface area contributed by atoms with E-state index >= 15 is 0 Å². The molecule has 28 heavy (non-hydrogen) atoms. The number of allylic oxidation sites excluding steroid dienone is 4. The van der Waals surface area contributed by atoms with Gasteiger partial charge in [-0.15, -0.1) is 59.7 Å². The molecule has 0 amide bonds. The van der Waals surface area contributed by atoms with Crippen molar-refractivity contribution in [1.29, 1.82) is 0 Å². The topological polar surface area (TPSA) is 0 Å². The Bertz CT molecular complexity index is 910. The maximum Gasteiger partial charge on any atom is -0.147 e. The zero-order valence-corrected chi connectivity index (χ0v) is 21.4. The van der Waals surface area contributed by atoms with Crippen LogP contribution in [0.5, 0.6) is 0 Å². The van der Waals surface area contributed by atoms with E-state index in [4.69, 9.17) is 0 Å². The van der Waals surface area contributed by atoms with E-state index in [0.29, 0.717) is 0 Å². The molecule has 0 heterocycles. The van der Waals surface area contributed by atoms with Crippen LogP contribution in [0.2, 0.25) is 0 Å². The summed E-state index contributed by atoms with van der Waals surface area (Å²) in [6.07, 6.45) is 6.78. The number of hydrogen-bond donors (Lipinski definition) is 0. The van der Waals surface area contributed by atoms with Crippen molar-refractivity contribution in [3.05, 3.63) is 76.9 Å². The molecule has 3 heteroatoms. The second-order valence-corrected chi connectivity index (χ2v) is 10.8. The van der Waals surface area contributed by atoms with Gasteiger partial charge < -0.3 is 0 Å². The van der Waals surface area contributed by atoms with Crippen molar-refractivity contribution in [2.75, 3.05) is 0 Å². The first-order valence-corrected chi connectivity index (χ1v) is 10.6. The monoisotopic (exact) mass is 489 g/mol. The van der Waals surface area contributed by atoms with Crippen molar-refractivity contribution < 1.29 is 24.2 Å². The van der Waals surface area contributed by atoms with Crippen LogP contribution >= 0.6 is 24.8 Å². The van der Waals surface area contributed by atoms with Gasteiger partial charge in [0.05, 0.1) is 0 Å². The van der Waals surface area contributed by atoms with Gasteiger partial charge in [-0.3, -0.25) is 0 Å². The smallest absolute Gasteiger partial charge is 0.147 e. The SMILES string of the molecule is CC(C)(C)C1=CCC(c2[c-]c3c(cc2)-c2ccccc2C3)=C1.C[C](C)=[Zr].Cl.Cl. The molecule has 0 aromatic heterocycles. The molecule has 2 aliphatic carbocycles. The van der Waals surface area contributed by atoms with Gasteiger partial charge in [0.2, 0.25) is 0 Å². The molecule has 2 aromatic carbocycles. The Balaban J connectivity index is 0.000000601. The molecular formula is C25H29Cl2Zr-. The molecule has 0 nitrogen and oxygen atoms in total. The van der Waals surface area contributed by atoms with E-state index in [1.54, 1.807) is 24.2 Å². The summed E-state index contributed by atoms with van der Waals surface area (Å²) >= 11 is 1.55. The molecule has 0 fully saturated rings. The van der Waals surface area contributed by atoms with Crippen molar-refractivity contribution in [2.45, 2.75) is 47.5 Å². The minimum atomic E-state index is 0. The molecular weight excluding hydrogens is 462 g/mol. The molecule has 2 aliphatic rings. The first-order valence-electron chi connectivity index (χ1n) is 9.32. The van der Waals surface area contributed by atoms with Crippen LogP contribution in [0.15, 0.2) is 54.1 Å². The van der Waals surface area contributed by atoms with E-state index in [0.717, 1.165) is 12.8 Å². The zero-order valence-electron chi connectivity index (χ0n) is 17.3. The third-order valence-electron chi connectivity index (χ3n) is 4.79. The van der Waals surface area contributed by atoms with Crippen LogP contribution in [0.1, 0.15) is 57.7 Å². The van der Waals surface area contributed by atoms with Gasteiger partial charge in [0.25, 0.3) is 0 Å². The largest absolute Gasteiger partial charge is 0.147 e. The second kappa shape index (κ2) is 10.3. The maximum absolute atomic E-state index is 3.68. The van der Waals surface area contributed by atoms with Gasteiger partial charge in [-0.1, -0.05) is 73.9 Å². The summed E-state index contributed by atoms with van der Waals surface area (Å²) in [5, 5.41) is 0. The van der Waals surface area contributed by atoms with Crippen molar-refractivity contribution in [2.24, 2.45) is 5.41 Å². The van der Waals surface area contributed by atoms with Crippen LogP contribution < -0.4 is 0 Å². The molecule has 0 radical (unpaired) electrons. The van der Waals surface area contributed by atoms with Crippen LogP contribution in [-0.4, -0.2) is 3.21 Å². The van der Waals surface area contributed by atoms with E-state index in [1.807, 2.05) is 0 Å². The zero-order chi connectivity index (χ0) is 18.9. The van der Waals surface area contributed by atoms with Crippen LogP contribution in [0.4, 0.5) is 0 Å². The fraction of sp³-hybridized carbons (Fsp3) is 0.320. The Morgan fingerprint density at radius 1 is 0.964 bits per heavy atom. The molecule has 0 N–H and O–H groups in total. The molecule has 0 spiro atoms. The molecule has 0 atom stereocenters.